The van der Waals surface area contributed by atoms with Crippen molar-refractivity contribution in [3.63, 3.8) is 0 Å². The molecule has 96 valence electrons. The molecule has 0 aliphatic heterocycles. The third kappa shape index (κ3) is 1.87. The van der Waals surface area contributed by atoms with E-state index in [1.54, 1.807) is 24.3 Å². The number of pyridine rings is 1. The molecule has 0 atom stereocenters. The summed E-state index contributed by atoms with van der Waals surface area (Å²) in [5.41, 5.74) is -0.628. The van der Waals surface area contributed by atoms with E-state index in [1.807, 2.05) is 0 Å². The van der Waals surface area contributed by atoms with Gasteiger partial charge in [-0.25, -0.2) is 0 Å². The zero-order chi connectivity index (χ0) is 13.6. The molecule has 3 rings (SSSR count). The van der Waals surface area contributed by atoms with Gasteiger partial charge in [0.1, 0.15) is 0 Å². The quantitative estimate of drug-likeness (QED) is 0.616. The Kier molecular flexibility index (Phi) is 2.38. The van der Waals surface area contributed by atoms with Crippen molar-refractivity contribution in [3.05, 3.63) is 58.4 Å². The summed E-state index contributed by atoms with van der Waals surface area (Å²) in [6.07, 6.45) is -4.40. The van der Waals surface area contributed by atoms with Gasteiger partial charge in [-0.1, -0.05) is 18.2 Å². The first-order valence-electron chi connectivity index (χ1n) is 5.59. The van der Waals surface area contributed by atoms with E-state index in [2.05, 4.69) is 4.98 Å². The Labute approximate surface area is 105 Å². The lowest BCUT2D eigenvalue weighted by atomic mass is 10.0. The third-order valence-corrected chi connectivity index (χ3v) is 3.06. The van der Waals surface area contributed by atoms with Crippen LogP contribution in [0, 0.1) is 0 Å². The maximum absolute atomic E-state index is 12.7. The Morgan fingerprint density at radius 3 is 2.26 bits per heavy atom. The fourth-order valence-electron chi connectivity index (χ4n) is 2.16. The minimum absolute atomic E-state index is 0.303. The van der Waals surface area contributed by atoms with Crippen LogP contribution >= 0.6 is 0 Å². The van der Waals surface area contributed by atoms with Crippen molar-refractivity contribution in [1.82, 2.24) is 4.98 Å². The molecule has 2 aromatic carbocycles. The number of aromatic nitrogens is 1. The monoisotopic (exact) mass is 263 g/mol. The van der Waals surface area contributed by atoms with E-state index >= 15 is 0 Å². The highest BCUT2D eigenvalue weighted by Crippen LogP contribution is 2.32. The molecule has 1 heterocycles. The second-order valence-electron chi connectivity index (χ2n) is 4.26. The summed E-state index contributed by atoms with van der Waals surface area (Å²) in [5.74, 6) is 0. The maximum Gasteiger partial charge on any atom is 0.416 e. The molecule has 1 aromatic heterocycles. The molecule has 0 saturated carbocycles. The van der Waals surface area contributed by atoms with Gasteiger partial charge in [-0.2, -0.15) is 13.2 Å². The predicted molar refractivity (Wildman–Crippen MR) is 67.1 cm³/mol. The number of hydrogen-bond donors (Lipinski definition) is 1. The summed E-state index contributed by atoms with van der Waals surface area (Å²) in [4.78, 5) is 14.4. The summed E-state index contributed by atoms with van der Waals surface area (Å²) < 4.78 is 38.2. The first kappa shape index (κ1) is 11.8. The van der Waals surface area contributed by atoms with Gasteiger partial charge in [0.2, 0.25) is 0 Å². The highest BCUT2D eigenvalue weighted by molar-refractivity contribution is 6.05. The molecule has 0 saturated heterocycles. The highest BCUT2D eigenvalue weighted by Gasteiger charge is 2.30. The summed E-state index contributed by atoms with van der Waals surface area (Å²) in [7, 11) is 0. The van der Waals surface area contributed by atoms with E-state index < -0.39 is 11.7 Å². The zero-order valence-corrected chi connectivity index (χ0v) is 9.58. The third-order valence-electron chi connectivity index (χ3n) is 3.06. The van der Waals surface area contributed by atoms with Gasteiger partial charge in [0, 0.05) is 16.3 Å². The number of hydrogen-bond acceptors (Lipinski definition) is 1. The molecule has 2 nitrogen and oxygen atoms in total. The Hall–Kier alpha value is -2.30. The molecule has 0 radical (unpaired) electrons. The van der Waals surface area contributed by atoms with Gasteiger partial charge in [-0.15, -0.1) is 0 Å². The maximum atomic E-state index is 12.7. The molecule has 0 fully saturated rings. The molecule has 3 aromatic rings. The number of fused-ring (bicyclic) bond motifs is 3. The van der Waals surface area contributed by atoms with Crippen LogP contribution in [0.1, 0.15) is 5.56 Å². The van der Waals surface area contributed by atoms with Gasteiger partial charge in [0.25, 0.3) is 5.56 Å². The van der Waals surface area contributed by atoms with Crippen LogP contribution in [0.3, 0.4) is 0 Å². The Balaban J connectivity index is 2.48. The van der Waals surface area contributed by atoms with E-state index in [0.717, 1.165) is 12.1 Å². The van der Waals surface area contributed by atoms with Crippen LogP contribution in [0.25, 0.3) is 21.7 Å². The van der Waals surface area contributed by atoms with Crippen molar-refractivity contribution in [2.75, 3.05) is 0 Å². The van der Waals surface area contributed by atoms with Gasteiger partial charge in [-0.05, 0) is 29.7 Å². The normalized spacial score (nSPS) is 12.2. The van der Waals surface area contributed by atoms with Gasteiger partial charge in [-0.3, -0.25) is 4.79 Å². The highest BCUT2D eigenvalue weighted by atomic mass is 19.4. The van der Waals surface area contributed by atoms with Crippen LogP contribution in [-0.4, -0.2) is 4.98 Å². The van der Waals surface area contributed by atoms with Gasteiger partial charge in [0.05, 0.1) is 5.56 Å². The van der Waals surface area contributed by atoms with E-state index in [-0.39, 0.29) is 5.56 Å². The van der Waals surface area contributed by atoms with E-state index in [0.29, 0.717) is 21.7 Å². The second kappa shape index (κ2) is 3.85. The van der Waals surface area contributed by atoms with Crippen LogP contribution in [0.4, 0.5) is 13.2 Å². The van der Waals surface area contributed by atoms with E-state index in [1.165, 1.54) is 6.07 Å². The van der Waals surface area contributed by atoms with Crippen molar-refractivity contribution in [1.29, 1.82) is 0 Å². The fraction of sp³-hybridized carbons (Fsp3) is 0.0714. The number of benzene rings is 2. The molecule has 0 aliphatic rings. The molecule has 5 heteroatoms. The zero-order valence-electron chi connectivity index (χ0n) is 9.58. The summed E-state index contributed by atoms with van der Waals surface area (Å²) in [5, 5.41) is 1.30. The van der Waals surface area contributed by atoms with Crippen molar-refractivity contribution in [2.45, 2.75) is 6.18 Å². The molecule has 0 unspecified atom stereocenters. The standard InChI is InChI=1S/C14H8F3NO/c15-14(16,17)8-5-6-12-11(7-8)9-3-1-2-4-10(9)13(19)18-12/h1-7H,(H,18,19). The number of aromatic amines is 1. The summed E-state index contributed by atoms with van der Waals surface area (Å²) in [6.45, 7) is 0. The number of H-pyrrole nitrogens is 1. The van der Waals surface area contributed by atoms with Gasteiger partial charge in [0.15, 0.2) is 0 Å². The van der Waals surface area contributed by atoms with Crippen LogP contribution < -0.4 is 5.56 Å². The van der Waals surface area contributed by atoms with Gasteiger partial charge >= 0.3 is 6.18 Å². The summed E-state index contributed by atoms with van der Waals surface area (Å²) >= 11 is 0. The lowest BCUT2D eigenvalue weighted by molar-refractivity contribution is -0.137. The van der Waals surface area contributed by atoms with Crippen molar-refractivity contribution >= 4 is 21.7 Å². The smallest absolute Gasteiger partial charge is 0.321 e. The van der Waals surface area contributed by atoms with E-state index in [4.69, 9.17) is 0 Å². The molecular formula is C14H8F3NO. The number of rotatable bonds is 0. The molecule has 0 bridgehead atoms. The Morgan fingerprint density at radius 1 is 0.895 bits per heavy atom. The number of halogens is 3. The Morgan fingerprint density at radius 2 is 1.58 bits per heavy atom. The first-order chi connectivity index (χ1) is 8.97. The second-order valence-corrected chi connectivity index (χ2v) is 4.26. The Bertz CT molecular complexity index is 833. The minimum Gasteiger partial charge on any atom is -0.321 e. The SMILES string of the molecule is O=c1[nH]c2ccc(C(F)(F)F)cc2c2ccccc12. The van der Waals surface area contributed by atoms with Crippen molar-refractivity contribution in [2.24, 2.45) is 0 Å². The van der Waals surface area contributed by atoms with Crippen LogP contribution in [0.2, 0.25) is 0 Å². The predicted octanol–water partition coefficient (Wildman–Crippen LogP) is 3.70. The average Bonchev–Trinajstić information content (AvgIpc) is 2.37. The van der Waals surface area contributed by atoms with Crippen molar-refractivity contribution < 1.29 is 13.2 Å². The van der Waals surface area contributed by atoms with E-state index in [9.17, 15) is 18.0 Å². The first-order valence-corrected chi connectivity index (χ1v) is 5.59. The van der Waals surface area contributed by atoms with Crippen molar-refractivity contribution in [3.8, 4) is 0 Å². The molecule has 0 amide bonds. The number of nitrogens with one attached hydrogen (secondary N) is 1. The minimum atomic E-state index is -4.40. The van der Waals surface area contributed by atoms with Crippen LogP contribution in [0.15, 0.2) is 47.3 Å². The topological polar surface area (TPSA) is 32.9 Å². The lowest BCUT2D eigenvalue weighted by Gasteiger charge is -2.09. The molecule has 19 heavy (non-hydrogen) atoms. The molecule has 0 spiro atoms. The van der Waals surface area contributed by atoms with Crippen LogP contribution in [0.5, 0.6) is 0 Å². The average molecular weight is 263 g/mol. The molecule has 0 aliphatic carbocycles. The largest absolute Gasteiger partial charge is 0.416 e. The number of alkyl halides is 3. The summed E-state index contributed by atoms with van der Waals surface area (Å²) in [6, 6.07) is 9.92. The molecule has 1 N–H and O–H groups in total. The lowest BCUT2D eigenvalue weighted by Crippen LogP contribution is -2.08. The molecular weight excluding hydrogens is 255 g/mol. The van der Waals surface area contributed by atoms with Gasteiger partial charge < -0.3 is 4.98 Å². The van der Waals surface area contributed by atoms with Crippen LogP contribution in [-0.2, 0) is 6.18 Å². The fourth-order valence-corrected chi connectivity index (χ4v) is 2.16.